The number of aromatic nitrogens is 1. The third-order valence-electron chi connectivity index (χ3n) is 5.90. The molecular weight excluding hydrogens is 388 g/mol. The second-order valence-corrected chi connectivity index (χ2v) is 7.70. The molecule has 0 amide bonds. The van der Waals surface area contributed by atoms with Crippen LogP contribution in [-0.2, 0) is 0 Å². The summed E-state index contributed by atoms with van der Waals surface area (Å²) in [5, 5.41) is 2.19. The molecule has 0 atom stereocenters. The molecule has 4 aromatic carbocycles. The molecule has 0 bridgehead atoms. The second-order valence-electron chi connectivity index (χ2n) is 7.70. The third kappa shape index (κ3) is 2.74. The number of hydrogen-bond donors (Lipinski definition) is 0. The SMILES string of the molecule is Fc1ccc(-c2c(-c3ccc(F)cc3)c3cc4ccccc4n3c3ccccc23)cc1. The van der Waals surface area contributed by atoms with Gasteiger partial charge in [-0.3, -0.25) is 0 Å². The van der Waals surface area contributed by atoms with Crippen LogP contribution >= 0.6 is 0 Å². The Morgan fingerprint density at radius 1 is 0.484 bits per heavy atom. The fraction of sp³-hybridized carbons (Fsp3) is 0. The molecule has 0 unspecified atom stereocenters. The molecule has 148 valence electrons. The van der Waals surface area contributed by atoms with Gasteiger partial charge in [-0.25, -0.2) is 8.78 Å². The molecule has 1 nitrogen and oxygen atoms in total. The number of hydrogen-bond acceptors (Lipinski definition) is 0. The lowest BCUT2D eigenvalue weighted by atomic mass is 9.91. The van der Waals surface area contributed by atoms with Crippen molar-refractivity contribution in [2.24, 2.45) is 0 Å². The summed E-state index contributed by atoms with van der Waals surface area (Å²) in [6.07, 6.45) is 0. The Morgan fingerprint density at radius 3 is 1.71 bits per heavy atom. The number of benzene rings is 4. The number of nitrogens with zero attached hydrogens (tertiary/aromatic N) is 1. The summed E-state index contributed by atoms with van der Waals surface area (Å²) in [5.41, 5.74) is 7.07. The van der Waals surface area contributed by atoms with E-state index in [4.69, 9.17) is 0 Å². The van der Waals surface area contributed by atoms with Crippen molar-refractivity contribution in [3.63, 3.8) is 0 Å². The van der Waals surface area contributed by atoms with Gasteiger partial charge in [0.25, 0.3) is 0 Å². The van der Waals surface area contributed by atoms with Gasteiger partial charge < -0.3 is 4.40 Å². The zero-order valence-corrected chi connectivity index (χ0v) is 16.5. The lowest BCUT2D eigenvalue weighted by Crippen LogP contribution is -1.96. The average Bonchev–Trinajstić information content (AvgIpc) is 3.19. The Balaban J connectivity index is 1.88. The van der Waals surface area contributed by atoms with Gasteiger partial charge in [-0.2, -0.15) is 0 Å². The van der Waals surface area contributed by atoms with Gasteiger partial charge in [0, 0.05) is 21.9 Å². The molecule has 0 saturated heterocycles. The molecule has 0 aliphatic carbocycles. The maximum Gasteiger partial charge on any atom is 0.123 e. The Morgan fingerprint density at radius 2 is 1.03 bits per heavy atom. The Labute approximate surface area is 177 Å². The van der Waals surface area contributed by atoms with Crippen molar-refractivity contribution in [3.05, 3.63) is 115 Å². The van der Waals surface area contributed by atoms with Gasteiger partial charge >= 0.3 is 0 Å². The highest BCUT2D eigenvalue weighted by Crippen LogP contribution is 2.43. The van der Waals surface area contributed by atoms with Crippen LogP contribution in [0.3, 0.4) is 0 Å². The van der Waals surface area contributed by atoms with Crippen LogP contribution in [0.15, 0.2) is 103 Å². The molecule has 6 rings (SSSR count). The van der Waals surface area contributed by atoms with Gasteiger partial charge in [-0.15, -0.1) is 0 Å². The van der Waals surface area contributed by atoms with E-state index in [1.54, 1.807) is 0 Å². The Bertz CT molecular complexity index is 1580. The summed E-state index contributed by atoms with van der Waals surface area (Å²) in [7, 11) is 0. The second kappa shape index (κ2) is 6.78. The van der Waals surface area contributed by atoms with Crippen LogP contribution in [0.2, 0.25) is 0 Å². The number of para-hydroxylation sites is 2. The molecule has 2 aromatic heterocycles. The first-order valence-corrected chi connectivity index (χ1v) is 10.2. The van der Waals surface area contributed by atoms with E-state index in [0.29, 0.717) is 0 Å². The average molecular weight is 405 g/mol. The first kappa shape index (κ1) is 17.8. The van der Waals surface area contributed by atoms with Crippen molar-refractivity contribution in [3.8, 4) is 22.3 Å². The quantitative estimate of drug-likeness (QED) is 0.276. The normalized spacial score (nSPS) is 11.5. The van der Waals surface area contributed by atoms with Crippen LogP contribution in [-0.4, -0.2) is 4.40 Å². The summed E-state index contributed by atoms with van der Waals surface area (Å²) in [6.45, 7) is 0. The number of pyridine rings is 1. The van der Waals surface area contributed by atoms with Crippen molar-refractivity contribution in [1.82, 2.24) is 4.40 Å². The fourth-order valence-corrected chi connectivity index (χ4v) is 4.57. The van der Waals surface area contributed by atoms with E-state index in [1.165, 1.54) is 24.3 Å². The molecule has 3 heteroatoms. The topological polar surface area (TPSA) is 4.41 Å². The predicted molar refractivity (Wildman–Crippen MR) is 123 cm³/mol. The molecule has 0 radical (unpaired) electrons. The van der Waals surface area contributed by atoms with E-state index in [9.17, 15) is 8.78 Å². The minimum Gasteiger partial charge on any atom is -0.309 e. The fourth-order valence-electron chi connectivity index (χ4n) is 4.57. The van der Waals surface area contributed by atoms with Crippen LogP contribution in [0, 0.1) is 11.6 Å². The van der Waals surface area contributed by atoms with Gasteiger partial charge in [0.2, 0.25) is 0 Å². The molecule has 2 heterocycles. The maximum atomic E-state index is 13.8. The van der Waals surface area contributed by atoms with Crippen LogP contribution in [0.25, 0.3) is 49.6 Å². The van der Waals surface area contributed by atoms with Gasteiger partial charge in [0.1, 0.15) is 11.6 Å². The number of halogens is 2. The molecule has 0 aliphatic rings. The van der Waals surface area contributed by atoms with E-state index in [2.05, 4.69) is 34.7 Å². The highest BCUT2D eigenvalue weighted by molar-refractivity contribution is 6.11. The summed E-state index contributed by atoms with van der Waals surface area (Å²) in [6, 6.07) is 31.9. The smallest absolute Gasteiger partial charge is 0.123 e. The monoisotopic (exact) mass is 405 g/mol. The summed E-state index contributed by atoms with van der Waals surface area (Å²) in [4.78, 5) is 0. The molecule has 31 heavy (non-hydrogen) atoms. The Kier molecular flexibility index (Phi) is 3.90. The van der Waals surface area contributed by atoms with Crippen LogP contribution in [0.1, 0.15) is 0 Å². The van der Waals surface area contributed by atoms with Crippen molar-refractivity contribution in [2.75, 3.05) is 0 Å². The van der Waals surface area contributed by atoms with E-state index in [1.807, 2.05) is 48.5 Å². The lowest BCUT2D eigenvalue weighted by Gasteiger charge is -2.18. The molecular formula is C28H17F2N. The highest BCUT2D eigenvalue weighted by atomic mass is 19.1. The highest BCUT2D eigenvalue weighted by Gasteiger charge is 2.19. The summed E-state index contributed by atoms with van der Waals surface area (Å²) >= 11 is 0. The minimum absolute atomic E-state index is 0.272. The first-order chi connectivity index (χ1) is 15.2. The third-order valence-corrected chi connectivity index (χ3v) is 5.90. The molecule has 0 fully saturated rings. The summed E-state index contributed by atoms with van der Waals surface area (Å²) < 4.78 is 29.7. The number of rotatable bonds is 2. The zero-order valence-electron chi connectivity index (χ0n) is 16.5. The Hall–Kier alpha value is -3.98. The molecule has 0 saturated carbocycles. The maximum absolute atomic E-state index is 13.8. The summed E-state index contributed by atoms with van der Waals surface area (Å²) in [5.74, 6) is -0.546. The zero-order chi connectivity index (χ0) is 20.9. The number of fused-ring (bicyclic) bond motifs is 5. The van der Waals surface area contributed by atoms with Crippen molar-refractivity contribution in [2.45, 2.75) is 0 Å². The van der Waals surface area contributed by atoms with Crippen molar-refractivity contribution < 1.29 is 8.78 Å². The predicted octanol–water partition coefficient (Wildman–Crippen LogP) is 7.86. The van der Waals surface area contributed by atoms with Crippen molar-refractivity contribution in [1.29, 1.82) is 0 Å². The molecule has 0 spiro atoms. The first-order valence-electron chi connectivity index (χ1n) is 10.2. The molecule has 6 aromatic rings. The molecule has 0 aliphatic heterocycles. The van der Waals surface area contributed by atoms with E-state index in [0.717, 1.165) is 49.6 Å². The van der Waals surface area contributed by atoms with Crippen LogP contribution in [0.5, 0.6) is 0 Å². The van der Waals surface area contributed by atoms with Gasteiger partial charge in [-0.1, -0.05) is 60.7 Å². The van der Waals surface area contributed by atoms with Crippen LogP contribution in [0.4, 0.5) is 8.78 Å². The standard InChI is InChI=1S/C28H17F2N/c29-21-13-9-18(10-14-21)27-23-6-2-4-8-25(23)31-24-7-3-1-5-20(24)17-26(31)28(27)19-11-15-22(30)16-12-19/h1-17H. The molecule has 0 N–H and O–H groups in total. The van der Waals surface area contributed by atoms with Gasteiger partial charge in [0.15, 0.2) is 0 Å². The van der Waals surface area contributed by atoms with Crippen LogP contribution < -0.4 is 0 Å². The van der Waals surface area contributed by atoms with Gasteiger partial charge in [0.05, 0.1) is 16.6 Å². The largest absolute Gasteiger partial charge is 0.309 e. The van der Waals surface area contributed by atoms with E-state index in [-0.39, 0.29) is 11.6 Å². The van der Waals surface area contributed by atoms with E-state index < -0.39 is 0 Å². The van der Waals surface area contributed by atoms with Gasteiger partial charge in [-0.05, 0) is 53.6 Å². The minimum atomic E-state index is -0.274. The van der Waals surface area contributed by atoms with E-state index >= 15 is 0 Å². The lowest BCUT2D eigenvalue weighted by molar-refractivity contribution is 0.627. The van der Waals surface area contributed by atoms with Crippen molar-refractivity contribution >= 4 is 27.3 Å².